The first-order chi connectivity index (χ1) is 15.6. The molecule has 33 heavy (non-hydrogen) atoms. The topological polar surface area (TPSA) is 70.9 Å². The van der Waals surface area contributed by atoms with Gasteiger partial charge in [0.1, 0.15) is 5.78 Å². The lowest BCUT2D eigenvalue weighted by Crippen LogP contribution is -2.05. The highest BCUT2D eigenvalue weighted by molar-refractivity contribution is 9.10. The first-order valence-electron chi connectivity index (χ1n) is 11.6. The number of fused-ring (bicyclic) bond motifs is 3. The zero-order valence-corrected chi connectivity index (χ0v) is 23.0. The molecule has 2 aromatic carbocycles. The molecule has 3 aromatic rings. The smallest absolute Gasteiger partial charge is 0.132 e. The highest BCUT2D eigenvalue weighted by Crippen LogP contribution is 2.30. The molecule has 0 aliphatic heterocycles. The summed E-state index contributed by atoms with van der Waals surface area (Å²) in [6.07, 6.45) is 13.0. The van der Waals surface area contributed by atoms with Gasteiger partial charge < -0.3 is 10.4 Å². The van der Waals surface area contributed by atoms with Gasteiger partial charge in [-0.25, -0.2) is 0 Å². The van der Waals surface area contributed by atoms with Gasteiger partial charge in [0.2, 0.25) is 0 Å². The molecule has 4 nitrogen and oxygen atoms in total. The molecule has 1 saturated carbocycles. The first kappa shape index (κ1) is 27.9. The molecule has 1 aromatic heterocycles. The number of halogens is 3. The molecule has 2 aliphatic rings. The number of nitrogens with one attached hydrogen (secondary N) is 2. The van der Waals surface area contributed by atoms with Gasteiger partial charge in [0, 0.05) is 44.1 Å². The van der Waals surface area contributed by atoms with Gasteiger partial charge in [-0.15, -0.1) is 12.4 Å². The van der Waals surface area contributed by atoms with Crippen molar-refractivity contribution in [3.63, 3.8) is 0 Å². The SMILES string of the molecule is Brc1ccc2[nH]c3c(c2c1)CCCCC3.Cl.NNc1ccc(Br)cc1.O=C1CCCCCC1. The van der Waals surface area contributed by atoms with Crippen LogP contribution in [0, 0.1) is 0 Å². The van der Waals surface area contributed by atoms with Crippen LogP contribution in [0.2, 0.25) is 0 Å². The van der Waals surface area contributed by atoms with Crippen LogP contribution >= 0.6 is 44.3 Å². The van der Waals surface area contributed by atoms with E-state index in [1.165, 1.54) is 66.0 Å². The second-order valence-electron chi connectivity index (χ2n) is 8.44. The van der Waals surface area contributed by atoms with E-state index in [1.54, 1.807) is 5.56 Å². The maximum Gasteiger partial charge on any atom is 0.132 e. The minimum atomic E-state index is 0. The van der Waals surface area contributed by atoms with Crippen LogP contribution in [0.25, 0.3) is 10.9 Å². The number of nitrogen functional groups attached to an aromatic ring is 1. The summed E-state index contributed by atoms with van der Waals surface area (Å²) < 4.78 is 2.24. The number of hydrazine groups is 1. The largest absolute Gasteiger partial charge is 0.358 e. The number of H-pyrrole nitrogens is 1. The van der Waals surface area contributed by atoms with Gasteiger partial charge in [-0.1, -0.05) is 51.1 Å². The number of hydrogen-bond acceptors (Lipinski definition) is 3. The van der Waals surface area contributed by atoms with Crippen molar-refractivity contribution in [1.29, 1.82) is 0 Å². The summed E-state index contributed by atoms with van der Waals surface area (Å²) in [4.78, 5) is 14.2. The molecule has 7 heteroatoms. The van der Waals surface area contributed by atoms with E-state index in [0.717, 1.165) is 35.8 Å². The Bertz CT molecular complexity index is 995. The van der Waals surface area contributed by atoms with E-state index in [1.807, 2.05) is 24.3 Å². The van der Waals surface area contributed by atoms with Gasteiger partial charge in [-0.3, -0.25) is 10.6 Å². The van der Waals surface area contributed by atoms with E-state index < -0.39 is 0 Å². The van der Waals surface area contributed by atoms with Gasteiger partial charge in [-0.05, 0) is 86.6 Å². The Morgan fingerprint density at radius 3 is 2.00 bits per heavy atom. The predicted molar refractivity (Wildman–Crippen MR) is 149 cm³/mol. The summed E-state index contributed by atoms with van der Waals surface area (Å²) in [6.45, 7) is 0. The van der Waals surface area contributed by atoms with E-state index in [9.17, 15) is 4.79 Å². The Morgan fingerprint density at radius 1 is 0.758 bits per heavy atom. The second-order valence-corrected chi connectivity index (χ2v) is 10.3. The van der Waals surface area contributed by atoms with Crippen molar-refractivity contribution in [3.8, 4) is 0 Å². The molecule has 0 atom stereocenters. The van der Waals surface area contributed by atoms with Gasteiger partial charge in [0.25, 0.3) is 0 Å². The number of anilines is 1. The van der Waals surface area contributed by atoms with Gasteiger partial charge >= 0.3 is 0 Å². The Morgan fingerprint density at radius 2 is 1.33 bits per heavy atom. The summed E-state index contributed by atoms with van der Waals surface area (Å²) in [5.41, 5.74) is 7.78. The average Bonchev–Trinajstić information content (AvgIpc) is 2.98. The van der Waals surface area contributed by atoms with Crippen molar-refractivity contribution in [2.45, 2.75) is 70.6 Å². The number of nitrogens with two attached hydrogens (primary N) is 1. The third-order valence-electron chi connectivity index (χ3n) is 5.98. The maximum atomic E-state index is 10.7. The van der Waals surface area contributed by atoms with Crippen molar-refractivity contribution in [1.82, 2.24) is 4.98 Å². The summed E-state index contributed by atoms with van der Waals surface area (Å²) in [7, 11) is 0. The van der Waals surface area contributed by atoms with Crippen molar-refractivity contribution < 1.29 is 4.79 Å². The number of Topliss-reactive ketones (excluding diaryl/α,β-unsaturated/α-hetero) is 1. The van der Waals surface area contributed by atoms with Crippen molar-refractivity contribution in [2.24, 2.45) is 5.84 Å². The highest BCUT2D eigenvalue weighted by Gasteiger charge is 2.13. The van der Waals surface area contributed by atoms with Crippen molar-refractivity contribution in [2.75, 3.05) is 5.43 Å². The molecule has 5 rings (SSSR count). The molecule has 0 amide bonds. The van der Waals surface area contributed by atoms with E-state index in [-0.39, 0.29) is 12.4 Å². The molecule has 2 aliphatic carbocycles. The molecule has 0 bridgehead atoms. The molecule has 0 spiro atoms. The molecule has 1 heterocycles. The van der Waals surface area contributed by atoms with E-state index in [4.69, 9.17) is 5.84 Å². The molecule has 0 saturated heterocycles. The van der Waals surface area contributed by atoms with Crippen LogP contribution in [-0.4, -0.2) is 10.8 Å². The fourth-order valence-corrected chi connectivity index (χ4v) is 4.85. The highest BCUT2D eigenvalue weighted by atomic mass is 79.9. The van der Waals surface area contributed by atoms with E-state index in [2.05, 4.69) is 60.5 Å². The van der Waals surface area contributed by atoms with Crippen molar-refractivity contribution in [3.05, 3.63) is 62.7 Å². The van der Waals surface area contributed by atoms with E-state index in [0.29, 0.717) is 5.78 Å². The number of rotatable bonds is 1. The third kappa shape index (κ3) is 9.08. The summed E-state index contributed by atoms with van der Waals surface area (Å²) in [6, 6.07) is 14.2. The predicted octanol–water partition coefficient (Wildman–Crippen LogP) is 8.27. The number of benzene rings is 2. The standard InChI is InChI=1S/C13H14BrN.C7H12O.C6H7BrN2.ClH/c14-9-6-7-13-11(8-9)10-4-2-1-3-5-12(10)15-13;8-7-5-3-1-2-4-6-7;7-5-1-3-6(9-8)4-2-5;/h6-8,15H,1-5H2;1-6H2;1-4,9H,8H2;1H. The number of carbonyl (C=O) groups excluding carboxylic acids is 1. The summed E-state index contributed by atoms with van der Waals surface area (Å²) >= 11 is 6.86. The molecular weight excluding hydrogens is 566 g/mol. The lowest BCUT2D eigenvalue weighted by atomic mass is 10.1. The zero-order chi connectivity index (χ0) is 22.8. The minimum Gasteiger partial charge on any atom is -0.358 e. The maximum absolute atomic E-state index is 10.7. The summed E-state index contributed by atoms with van der Waals surface area (Å²) in [5, 5.41) is 1.42. The molecule has 4 N–H and O–H groups in total. The molecular formula is C26H34Br2ClN3O. The second kappa shape index (κ2) is 14.8. The monoisotopic (exact) mass is 597 g/mol. The Kier molecular flexibility index (Phi) is 12.5. The Labute approximate surface area is 220 Å². The Balaban J connectivity index is 0.000000186. The van der Waals surface area contributed by atoms with Crippen LogP contribution in [0.5, 0.6) is 0 Å². The fourth-order valence-electron chi connectivity index (χ4n) is 4.22. The lowest BCUT2D eigenvalue weighted by molar-refractivity contribution is -0.118. The number of aromatic nitrogens is 1. The number of aryl methyl sites for hydroxylation is 2. The van der Waals surface area contributed by atoms with Crippen LogP contribution in [0.1, 0.15) is 69.0 Å². The lowest BCUT2D eigenvalue weighted by Gasteiger charge is -1.98. The zero-order valence-electron chi connectivity index (χ0n) is 19.0. The first-order valence-corrected chi connectivity index (χ1v) is 13.2. The average molecular weight is 600 g/mol. The number of carbonyl (C=O) groups is 1. The van der Waals surface area contributed by atoms with Crippen LogP contribution in [0.4, 0.5) is 5.69 Å². The molecule has 0 radical (unpaired) electrons. The number of hydrogen-bond donors (Lipinski definition) is 3. The fraction of sp³-hybridized carbons (Fsp3) is 0.423. The number of ketones is 1. The Hall–Kier alpha value is -1.34. The van der Waals surface area contributed by atoms with Crippen LogP contribution in [0.15, 0.2) is 51.4 Å². The van der Waals surface area contributed by atoms with Crippen LogP contribution in [-0.2, 0) is 17.6 Å². The van der Waals surface area contributed by atoms with Crippen molar-refractivity contribution >= 4 is 66.6 Å². The number of aromatic amines is 1. The van der Waals surface area contributed by atoms with E-state index >= 15 is 0 Å². The van der Waals surface area contributed by atoms with Crippen LogP contribution in [0.3, 0.4) is 0 Å². The minimum absolute atomic E-state index is 0. The molecule has 0 unspecified atom stereocenters. The molecule has 1 fully saturated rings. The van der Waals surface area contributed by atoms with Gasteiger partial charge in [-0.2, -0.15) is 0 Å². The van der Waals surface area contributed by atoms with Crippen LogP contribution < -0.4 is 11.3 Å². The molecule has 180 valence electrons. The van der Waals surface area contributed by atoms with Gasteiger partial charge in [0.05, 0.1) is 0 Å². The quantitative estimate of drug-likeness (QED) is 0.114. The normalized spacial score (nSPS) is 15.4. The van der Waals surface area contributed by atoms with Gasteiger partial charge in [0.15, 0.2) is 0 Å². The summed E-state index contributed by atoms with van der Waals surface area (Å²) in [5.74, 6) is 5.61. The third-order valence-corrected chi connectivity index (χ3v) is 7.00.